The summed E-state index contributed by atoms with van der Waals surface area (Å²) in [4.78, 5) is 4.18. The van der Waals surface area contributed by atoms with E-state index in [1.54, 1.807) is 14.0 Å². The quantitative estimate of drug-likeness (QED) is 0.343. The van der Waals surface area contributed by atoms with E-state index in [-0.39, 0.29) is 11.4 Å². The van der Waals surface area contributed by atoms with Crippen molar-refractivity contribution in [2.45, 2.75) is 46.3 Å². The summed E-state index contributed by atoms with van der Waals surface area (Å²) in [6.07, 6.45) is 0.670. The predicted molar refractivity (Wildman–Crippen MR) is 107 cm³/mol. The highest BCUT2D eigenvalue weighted by molar-refractivity contribution is 7.89. The molecule has 0 spiro atoms. The van der Waals surface area contributed by atoms with Crippen LogP contribution in [-0.2, 0) is 16.6 Å². The number of hydrogen-bond donors (Lipinski definition) is 3. The fraction of sp³-hybridized carbons (Fsp3) is 0.611. The minimum atomic E-state index is -3.13. The molecule has 1 rings (SSSR count). The number of para-hydroxylation sites is 1. The average Bonchev–Trinajstić information content (AvgIpc) is 2.57. The smallest absolute Gasteiger partial charge is 0.211 e. The molecule has 0 aliphatic carbocycles. The van der Waals surface area contributed by atoms with E-state index in [0.717, 1.165) is 11.3 Å². The number of nitrogens with one attached hydrogen (secondary N) is 3. The molecule has 0 unspecified atom stereocenters. The van der Waals surface area contributed by atoms with Crippen LogP contribution in [-0.4, -0.2) is 45.9 Å². The van der Waals surface area contributed by atoms with Crippen LogP contribution < -0.4 is 20.1 Å². The summed E-state index contributed by atoms with van der Waals surface area (Å²) in [5.74, 6) is 1.60. The summed E-state index contributed by atoms with van der Waals surface area (Å²) in [6, 6.07) is 7.90. The number of sulfonamides is 1. The minimum Gasteiger partial charge on any atom is -0.488 e. The highest BCUT2D eigenvalue weighted by atomic mass is 32.2. The summed E-state index contributed by atoms with van der Waals surface area (Å²) < 4.78 is 31.3. The Morgan fingerprint density at radius 1 is 1.15 bits per heavy atom. The highest BCUT2D eigenvalue weighted by Crippen LogP contribution is 2.22. The summed E-state index contributed by atoms with van der Waals surface area (Å²) in [7, 11) is -1.43. The van der Waals surface area contributed by atoms with Gasteiger partial charge in [-0.15, -0.1) is 0 Å². The van der Waals surface area contributed by atoms with Crippen molar-refractivity contribution in [2.75, 3.05) is 25.9 Å². The van der Waals surface area contributed by atoms with Crippen molar-refractivity contribution in [2.24, 2.45) is 4.99 Å². The summed E-state index contributed by atoms with van der Waals surface area (Å²) in [6.45, 7) is 9.27. The van der Waals surface area contributed by atoms with Gasteiger partial charge in [0.15, 0.2) is 5.96 Å². The van der Waals surface area contributed by atoms with Crippen molar-refractivity contribution in [3.8, 4) is 5.75 Å². The molecule has 1 aromatic rings. The molecular weight excluding hydrogens is 352 g/mol. The Bertz CT molecular complexity index is 682. The second kappa shape index (κ2) is 10.4. The molecule has 0 bridgehead atoms. The van der Waals surface area contributed by atoms with Gasteiger partial charge in [0.25, 0.3) is 0 Å². The first-order chi connectivity index (χ1) is 12.2. The van der Waals surface area contributed by atoms with Gasteiger partial charge in [-0.3, -0.25) is 4.99 Å². The first kappa shape index (κ1) is 22.2. The monoisotopic (exact) mass is 384 g/mol. The molecule has 0 radical (unpaired) electrons. The predicted octanol–water partition coefficient (Wildman–Crippen LogP) is 1.86. The van der Waals surface area contributed by atoms with Gasteiger partial charge in [-0.1, -0.05) is 18.2 Å². The number of rotatable bonds is 9. The molecule has 0 saturated heterocycles. The Labute approximate surface area is 157 Å². The molecule has 26 heavy (non-hydrogen) atoms. The molecule has 0 aliphatic heterocycles. The number of guanidine groups is 1. The molecule has 0 aromatic heterocycles. The topological polar surface area (TPSA) is 91.8 Å². The van der Waals surface area contributed by atoms with Gasteiger partial charge in [0, 0.05) is 32.2 Å². The van der Waals surface area contributed by atoms with Gasteiger partial charge in [0.1, 0.15) is 11.4 Å². The molecular formula is C18H32N4O3S. The normalized spacial score (nSPS) is 12.7. The fourth-order valence-corrected chi connectivity index (χ4v) is 2.76. The summed E-state index contributed by atoms with van der Waals surface area (Å²) in [5.41, 5.74) is 0.781. The number of nitrogens with zero attached hydrogens (tertiary/aromatic N) is 1. The number of benzene rings is 1. The van der Waals surface area contributed by atoms with Gasteiger partial charge < -0.3 is 15.4 Å². The molecule has 0 amide bonds. The maximum absolute atomic E-state index is 11.4. The molecule has 0 fully saturated rings. The van der Waals surface area contributed by atoms with Crippen LogP contribution in [0, 0.1) is 0 Å². The maximum Gasteiger partial charge on any atom is 0.211 e. The minimum absolute atomic E-state index is 0.0969. The van der Waals surface area contributed by atoms with Crippen LogP contribution in [0.15, 0.2) is 29.3 Å². The Morgan fingerprint density at radius 2 is 1.85 bits per heavy atom. The van der Waals surface area contributed by atoms with Crippen molar-refractivity contribution in [1.29, 1.82) is 0 Å². The number of ether oxygens (including phenoxy) is 1. The van der Waals surface area contributed by atoms with Gasteiger partial charge in [-0.05, 0) is 40.2 Å². The van der Waals surface area contributed by atoms with E-state index in [1.165, 1.54) is 0 Å². The van der Waals surface area contributed by atoms with E-state index in [9.17, 15) is 8.42 Å². The average molecular weight is 385 g/mol. The molecule has 148 valence electrons. The molecule has 8 heteroatoms. The fourth-order valence-electron chi connectivity index (χ4n) is 2.10. The lowest BCUT2D eigenvalue weighted by atomic mass is 10.1. The molecule has 3 N–H and O–H groups in total. The van der Waals surface area contributed by atoms with Gasteiger partial charge in [0.05, 0.1) is 5.75 Å². The van der Waals surface area contributed by atoms with Crippen molar-refractivity contribution in [3.63, 3.8) is 0 Å². The summed E-state index contributed by atoms with van der Waals surface area (Å²) >= 11 is 0. The molecule has 7 nitrogen and oxygen atoms in total. The Morgan fingerprint density at radius 3 is 2.46 bits per heavy atom. The molecule has 0 heterocycles. The molecule has 1 aromatic carbocycles. The third kappa shape index (κ3) is 9.05. The maximum atomic E-state index is 11.4. The second-order valence-corrected chi connectivity index (χ2v) is 8.92. The van der Waals surface area contributed by atoms with Gasteiger partial charge >= 0.3 is 0 Å². The van der Waals surface area contributed by atoms with Crippen LogP contribution in [0.4, 0.5) is 0 Å². The first-order valence-corrected chi connectivity index (χ1v) is 10.5. The Kier molecular flexibility index (Phi) is 8.87. The van der Waals surface area contributed by atoms with Crippen LogP contribution in [0.3, 0.4) is 0 Å². The third-order valence-corrected chi connectivity index (χ3v) is 4.81. The molecule has 0 saturated carbocycles. The Balaban J connectivity index is 2.46. The largest absolute Gasteiger partial charge is 0.488 e. The number of hydrogen-bond acceptors (Lipinski definition) is 4. The first-order valence-electron chi connectivity index (χ1n) is 8.85. The lowest BCUT2D eigenvalue weighted by molar-refractivity contribution is 0.129. The van der Waals surface area contributed by atoms with Crippen molar-refractivity contribution in [3.05, 3.63) is 29.8 Å². The van der Waals surface area contributed by atoms with Crippen LogP contribution >= 0.6 is 0 Å². The molecule has 0 aliphatic rings. The lowest BCUT2D eigenvalue weighted by Gasteiger charge is -2.23. The zero-order valence-corrected chi connectivity index (χ0v) is 17.2. The lowest BCUT2D eigenvalue weighted by Crippen LogP contribution is -2.38. The zero-order chi connectivity index (χ0) is 19.6. The third-order valence-electron chi connectivity index (χ3n) is 3.41. The van der Waals surface area contributed by atoms with E-state index >= 15 is 0 Å². The van der Waals surface area contributed by atoms with E-state index in [4.69, 9.17) is 4.74 Å². The van der Waals surface area contributed by atoms with E-state index < -0.39 is 10.0 Å². The second-order valence-electron chi connectivity index (χ2n) is 6.83. The van der Waals surface area contributed by atoms with Gasteiger partial charge in [-0.25, -0.2) is 13.1 Å². The van der Waals surface area contributed by atoms with Crippen molar-refractivity contribution in [1.82, 2.24) is 15.4 Å². The van der Waals surface area contributed by atoms with Crippen LogP contribution in [0.25, 0.3) is 0 Å². The van der Waals surface area contributed by atoms with Crippen molar-refractivity contribution < 1.29 is 13.2 Å². The van der Waals surface area contributed by atoms with Gasteiger partial charge in [0.2, 0.25) is 10.0 Å². The van der Waals surface area contributed by atoms with Gasteiger partial charge in [-0.2, -0.15) is 0 Å². The van der Waals surface area contributed by atoms with Crippen LogP contribution in [0.2, 0.25) is 0 Å². The van der Waals surface area contributed by atoms with Crippen molar-refractivity contribution >= 4 is 16.0 Å². The van der Waals surface area contributed by atoms with E-state index in [2.05, 4.69) is 20.3 Å². The highest BCUT2D eigenvalue weighted by Gasteiger charge is 2.14. The van der Waals surface area contributed by atoms with Crippen LogP contribution in [0.1, 0.15) is 39.7 Å². The standard InChI is InChI=1S/C18H32N4O3S/c1-6-26(23,24)22-13-9-12-20-17(19-5)21-14-15-10-7-8-11-16(15)25-18(2,3)4/h7-8,10-11,22H,6,9,12-14H2,1-5H3,(H2,19,20,21). The van der Waals surface area contributed by atoms with E-state index in [0.29, 0.717) is 32.0 Å². The Hall–Kier alpha value is -1.80. The molecule has 0 atom stereocenters. The number of aliphatic imine (C=N–C) groups is 1. The SMILES string of the molecule is CCS(=O)(=O)NCCCNC(=NC)NCc1ccccc1OC(C)(C)C. The van der Waals surface area contributed by atoms with Crippen LogP contribution in [0.5, 0.6) is 5.75 Å². The zero-order valence-electron chi connectivity index (χ0n) is 16.4. The summed E-state index contributed by atoms with van der Waals surface area (Å²) in [5, 5.41) is 6.43. The van der Waals surface area contributed by atoms with E-state index in [1.807, 2.05) is 45.0 Å².